The summed E-state index contributed by atoms with van der Waals surface area (Å²) in [6, 6.07) is 18.2. The van der Waals surface area contributed by atoms with E-state index >= 15 is 0 Å². The van der Waals surface area contributed by atoms with E-state index in [0.29, 0.717) is 32.0 Å². The molecule has 1 aliphatic heterocycles. The van der Waals surface area contributed by atoms with Gasteiger partial charge < -0.3 is 14.7 Å². The van der Waals surface area contributed by atoms with E-state index in [1.807, 2.05) is 47.4 Å². The largest absolute Gasteiger partial charge is 0.489 e. The summed E-state index contributed by atoms with van der Waals surface area (Å²) in [6.07, 6.45) is 1.27. The topological polar surface area (TPSA) is 49.8 Å². The molecular formula is C21H23NO3. The SMILES string of the molecule is O=C(C1CC1c1ccc(OCc2ccccc2)cc1)N1CC[C@H](O)C1. The number of aliphatic hydroxyl groups is 1. The fourth-order valence-electron chi connectivity index (χ4n) is 3.56. The van der Waals surface area contributed by atoms with Gasteiger partial charge in [-0.25, -0.2) is 0 Å². The molecule has 1 heterocycles. The minimum atomic E-state index is -0.345. The predicted octanol–water partition coefficient (Wildman–Crippen LogP) is 2.96. The molecule has 1 saturated carbocycles. The van der Waals surface area contributed by atoms with Crippen molar-refractivity contribution in [3.05, 3.63) is 65.7 Å². The Morgan fingerprint density at radius 2 is 1.88 bits per heavy atom. The van der Waals surface area contributed by atoms with Crippen molar-refractivity contribution in [2.75, 3.05) is 13.1 Å². The van der Waals surface area contributed by atoms with Gasteiger partial charge in [0.1, 0.15) is 12.4 Å². The van der Waals surface area contributed by atoms with E-state index in [1.54, 1.807) is 0 Å². The minimum absolute atomic E-state index is 0.0846. The van der Waals surface area contributed by atoms with Gasteiger partial charge in [-0.05, 0) is 42.0 Å². The Kier molecular flexibility index (Phi) is 4.45. The Morgan fingerprint density at radius 1 is 1.12 bits per heavy atom. The fraction of sp³-hybridized carbons (Fsp3) is 0.381. The van der Waals surface area contributed by atoms with Gasteiger partial charge in [0.05, 0.1) is 6.10 Å². The summed E-state index contributed by atoms with van der Waals surface area (Å²) in [5, 5.41) is 9.59. The number of carbonyl (C=O) groups is 1. The van der Waals surface area contributed by atoms with Gasteiger partial charge in [0, 0.05) is 19.0 Å². The highest BCUT2D eigenvalue weighted by atomic mass is 16.5. The van der Waals surface area contributed by atoms with Crippen LogP contribution in [0.3, 0.4) is 0 Å². The van der Waals surface area contributed by atoms with Crippen LogP contribution < -0.4 is 4.74 Å². The summed E-state index contributed by atoms with van der Waals surface area (Å²) < 4.78 is 5.81. The summed E-state index contributed by atoms with van der Waals surface area (Å²) in [4.78, 5) is 14.3. The zero-order valence-electron chi connectivity index (χ0n) is 14.2. The molecule has 0 spiro atoms. The molecule has 2 aliphatic rings. The molecule has 4 nitrogen and oxygen atoms in total. The molecule has 2 aromatic carbocycles. The Hall–Kier alpha value is -2.33. The van der Waals surface area contributed by atoms with Crippen LogP contribution in [0.5, 0.6) is 5.75 Å². The van der Waals surface area contributed by atoms with E-state index in [4.69, 9.17) is 4.74 Å². The first-order chi connectivity index (χ1) is 12.2. The van der Waals surface area contributed by atoms with Crippen LogP contribution in [0.4, 0.5) is 0 Å². The number of likely N-dealkylation sites (tertiary alicyclic amines) is 1. The normalized spacial score (nSPS) is 25.0. The molecule has 2 fully saturated rings. The second-order valence-electron chi connectivity index (χ2n) is 7.02. The van der Waals surface area contributed by atoms with E-state index in [2.05, 4.69) is 12.1 Å². The van der Waals surface area contributed by atoms with Crippen LogP contribution in [0.2, 0.25) is 0 Å². The van der Waals surface area contributed by atoms with Gasteiger partial charge in [-0.1, -0.05) is 42.5 Å². The molecule has 0 bridgehead atoms. The van der Waals surface area contributed by atoms with Gasteiger partial charge in [-0.3, -0.25) is 4.79 Å². The third kappa shape index (κ3) is 3.69. The highest BCUT2D eigenvalue weighted by Gasteiger charge is 2.46. The van der Waals surface area contributed by atoms with Crippen molar-refractivity contribution in [1.29, 1.82) is 0 Å². The number of amides is 1. The zero-order valence-corrected chi connectivity index (χ0v) is 14.2. The number of benzene rings is 2. The van der Waals surface area contributed by atoms with Crippen molar-refractivity contribution in [3.8, 4) is 5.75 Å². The lowest BCUT2D eigenvalue weighted by molar-refractivity contribution is -0.131. The molecule has 130 valence electrons. The molecule has 3 atom stereocenters. The number of nitrogens with zero attached hydrogens (tertiary/aromatic N) is 1. The number of rotatable bonds is 5. The molecule has 4 heteroatoms. The van der Waals surface area contributed by atoms with Gasteiger partial charge in [-0.2, -0.15) is 0 Å². The Bertz CT molecular complexity index is 729. The van der Waals surface area contributed by atoms with Gasteiger partial charge in [-0.15, -0.1) is 0 Å². The predicted molar refractivity (Wildman–Crippen MR) is 95.3 cm³/mol. The standard InChI is InChI=1S/C21H23NO3/c23-17-10-11-22(13-17)21(24)20-12-19(20)16-6-8-18(9-7-16)25-14-15-4-2-1-3-5-15/h1-9,17,19-20,23H,10-14H2/t17-,19?,20?/m0/s1. The lowest BCUT2D eigenvalue weighted by Crippen LogP contribution is -2.31. The lowest BCUT2D eigenvalue weighted by atomic mass is 10.1. The van der Waals surface area contributed by atoms with Crippen molar-refractivity contribution in [2.45, 2.75) is 31.5 Å². The Balaban J connectivity index is 1.31. The third-order valence-electron chi connectivity index (χ3n) is 5.14. The van der Waals surface area contributed by atoms with Crippen LogP contribution in [-0.2, 0) is 11.4 Å². The highest BCUT2D eigenvalue weighted by molar-refractivity contribution is 5.83. The molecule has 2 unspecified atom stereocenters. The molecule has 0 radical (unpaired) electrons. The van der Waals surface area contributed by atoms with Gasteiger partial charge in [0.2, 0.25) is 5.91 Å². The summed E-state index contributed by atoms with van der Waals surface area (Å²) >= 11 is 0. The molecule has 1 saturated heterocycles. The lowest BCUT2D eigenvalue weighted by Gasteiger charge is -2.15. The number of aliphatic hydroxyl groups excluding tert-OH is 1. The van der Waals surface area contributed by atoms with Crippen LogP contribution in [0, 0.1) is 5.92 Å². The molecule has 4 rings (SSSR count). The molecule has 1 N–H and O–H groups in total. The summed E-state index contributed by atoms with van der Waals surface area (Å²) in [5.74, 6) is 1.44. The van der Waals surface area contributed by atoms with E-state index in [0.717, 1.165) is 17.7 Å². The number of hydrogen-bond acceptors (Lipinski definition) is 3. The number of β-amino-alcohol motifs (C(OH)–C–C–N with tert-alkyl or cyclic N) is 1. The average Bonchev–Trinajstić information content (AvgIpc) is 3.34. The van der Waals surface area contributed by atoms with E-state index in [9.17, 15) is 9.90 Å². The van der Waals surface area contributed by atoms with Gasteiger partial charge in [0.15, 0.2) is 0 Å². The molecule has 1 amide bonds. The van der Waals surface area contributed by atoms with E-state index in [-0.39, 0.29) is 17.9 Å². The van der Waals surface area contributed by atoms with Crippen LogP contribution in [0.1, 0.15) is 29.9 Å². The first-order valence-corrected chi connectivity index (χ1v) is 8.94. The van der Waals surface area contributed by atoms with Crippen LogP contribution in [0.25, 0.3) is 0 Å². The Labute approximate surface area is 148 Å². The summed E-state index contributed by atoms with van der Waals surface area (Å²) in [6.45, 7) is 1.74. The van der Waals surface area contributed by atoms with E-state index in [1.165, 1.54) is 5.56 Å². The Morgan fingerprint density at radius 3 is 2.56 bits per heavy atom. The molecule has 1 aliphatic carbocycles. The first kappa shape index (κ1) is 16.2. The number of carbonyl (C=O) groups excluding carboxylic acids is 1. The number of hydrogen-bond donors (Lipinski definition) is 1. The quantitative estimate of drug-likeness (QED) is 0.912. The van der Waals surface area contributed by atoms with Crippen molar-refractivity contribution in [2.24, 2.45) is 5.92 Å². The van der Waals surface area contributed by atoms with Crippen molar-refractivity contribution in [1.82, 2.24) is 4.90 Å². The summed E-state index contributed by atoms with van der Waals surface area (Å²) in [7, 11) is 0. The van der Waals surface area contributed by atoms with Crippen molar-refractivity contribution in [3.63, 3.8) is 0 Å². The monoisotopic (exact) mass is 337 g/mol. The second-order valence-corrected chi connectivity index (χ2v) is 7.02. The van der Waals surface area contributed by atoms with Crippen molar-refractivity contribution >= 4 is 5.91 Å². The van der Waals surface area contributed by atoms with Crippen LogP contribution in [0.15, 0.2) is 54.6 Å². The maximum Gasteiger partial charge on any atom is 0.226 e. The minimum Gasteiger partial charge on any atom is -0.489 e. The maximum atomic E-state index is 12.5. The van der Waals surface area contributed by atoms with E-state index < -0.39 is 0 Å². The zero-order chi connectivity index (χ0) is 17.2. The highest BCUT2D eigenvalue weighted by Crippen LogP contribution is 2.49. The first-order valence-electron chi connectivity index (χ1n) is 8.94. The maximum absolute atomic E-state index is 12.5. The third-order valence-corrected chi connectivity index (χ3v) is 5.14. The number of ether oxygens (including phenoxy) is 1. The van der Waals surface area contributed by atoms with Crippen molar-refractivity contribution < 1.29 is 14.6 Å². The van der Waals surface area contributed by atoms with Gasteiger partial charge >= 0.3 is 0 Å². The summed E-state index contributed by atoms with van der Waals surface area (Å²) in [5.41, 5.74) is 2.34. The fourth-order valence-corrected chi connectivity index (χ4v) is 3.56. The molecular weight excluding hydrogens is 314 g/mol. The smallest absolute Gasteiger partial charge is 0.226 e. The van der Waals surface area contributed by atoms with Crippen LogP contribution >= 0.6 is 0 Å². The average molecular weight is 337 g/mol. The van der Waals surface area contributed by atoms with Crippen LogP contribution in [-0.4, -0.2) is 35.1 Å². The van der Waals surface area contributed by atoms with Gasteiger partial charge in [0.25, 0.3) is 0 Å². The molecule has 25 heavy (non-hydrogen) atoms. The molecule has 0 aromatic heterocycles. The second kappa shape index (κ2) is 6.89. The molecule has 2 aromatic rings.